The maximum absolute atomic E-state index is 11.9. The lowest BCUT2D eigenvalue weighted by atomic mass is 9.99. The SMILES string of the molecule is CCCCC(CC)C(=O)OC(=O)C(O)C(O)C(O)C(O)COP(=O)(O)O. The van der Waals surface area contributed by atoms with Crippen molar-refractivity contribution >= 4 is 19.8 Å². The molecule has 0 aliphatic rings. The van der Waals surface area contributed by atoms with Crippen molar-refractivity contribution in [3.05, 3.63) is 0 Å². The number of esters is 2. The smallest absolute Gasteiger partial charge is 0.391 e. The second kappa shape index (κ2) is 11.7. The zero-order valence-corrected chi connectivity index (χ0v) is 15.5. The first-order valence-corrected chi connectivity index (χ1v) is 9.65. The zero-order valence-electron chi connectivity index (χ0n) is 14.6. The fourth-order valence-electron chi connectivity index (χ4n) is 2.01. The summed E-state index contributed by atoms with van der Waals surface area (Å²) >= 11 is 0. The summed E-state index contributed by atoms with van der Waals surface area (Å²) in [6, 6.07) is 0. The van der Waals surface area contributed by atoms with Crippen molar-refractivity contribution in [1.82, 2.24) is 0 Å². The largest absolute Gasteiger partial charge is 0.469 e. The van der Waals surface area contributed by atoms with Crippen LogP contribution in [0.25, 0.3) is 0 Å². The van der Waals surface area contributed by atoms with Gasteiger partial charge in [-0.3, -0.25) is 9.32 Å². The topological polar surface area (TPSA) is 191 Å². The lowest BCUT2D eigenvalue weighted by molar-refractivity contribution is -0.178. The molecule has 0 rings (SSSR count). The zero-order chi connectivity index (χ0) is 20.5. The summed E-state index contributed by atoms with van der Waals surface area (Å²) < 4.78 is 19.0. The second-order valence-electron chi connectivity index (χ2n) is 5.77. The molecule has 26 heavy (non-hydrogen) atoms. The number of phosphoric ester groups is 1. The Labute approximate surface area is 150 Å². The van der Waals surface area contributed by atoms with Gasteiger partial charge in [-0.2, -0.15) is 0 Å². The summed E-state index contributed by atoms with van der Waals surface area (Å²) in [5.41, 5.74) is 0. The molecule has 0 spiro atoms. The number of phosphoric acid groups is 1. The van der Waals surface area contributed by atoms with Gasteiger partial charge in [0.1, 0.15) is 18.3 Å². The highest BCUT2D eigenvalue weighted by molar-refractivity contribution is 7.46. The molecule has 6 N–H and O–H groups in total. The molecule has 0 saturated carbocycles. The third-order valence-corrected chi connectivity index (χ3v) is 4.14. The predicted octanol–water partition coefficient (Wildman–Crippen LogP) is -1.17. The van der Waals surface area contributed by atoms with Gasteiger partial charge in [0.15, 0.2) is 6.10 Å². The minimum atomic E-state index is -4.93. The number of unbranched alkanes of at least 4 members (excludes halogenated alkanes) is 1. The van der Waals surface area contributed by atoms with Gasteiger partial charge >= 0.3 is 19.8 Å². The van der Waals surface area contributed by atoms with Gasteiger partial charge in [-0.25, -0.2) is 9.36 Å². The summed E-state index contributed by atoms with van der Waals surface area (Å²) in [5, 5.41) is 38.5. The molecule has 0 amide bonds. The molecule has 0 aromatic rings. The number of rotatable bonds is 12. The van der Waals surface area contributed by atoms with Gasteiger partial charge in [-0.1, -0.05) is 26.7 Å². The van der Waals surface area contributed by atoms with E-state index < -0.39 is 56.7 Å². The molecular weight excluding hydrogens is 375 g/mol. The molecular formula is C14H27O11P. The molecule has 0 bridgehead atoms. The van der Waals surface area contributed by atoms with E-state index in [0.717, 1.165) is 12.8 Å². The van der Waals surface area contributed by atoms with Gasteiger partial charge in [-0.05, 0) is 12.8 Å². The van der Waals surface area contributed by atoms with Crippen LogP contribution in [0.5, 0.6) is 0 Å². The number of carbonyl (C=O) groups excluding carboxylic acids is 2. The molecule has 11 nitrogen and oxygen atoms in total. The molecule has 0 aromatic heterocycles. The first-order chi connectivity index (χ1) is 11.9. The monoisotopic (exact) mass is 402 g/mol. The van der Waals surface area contributed by atoms with E-state index in [0.29, 0.717) is 12.8 Å². The van der Waals surface area contributed by atoms with Crippen molar-refractivity contribution in [3.8, 4) is 0 Å². The van der Waals surface area contributed by atoms with Gasteiger partial charge in [0, 0.05) is 0 Å². The van der Waals surface area contributed by atoms with E-state index in [2.05, 4.69) is 9.26 Å². The van der Waals surface area contributed by atoms with E-state index in [1.165, 1.54) is 0 Å². The van der Waals surface area contributed by atoms with Crippen molar-refractivity contribution < 1.29 is 53.6 Å². The maximum atomic E-state index is 11.9. The van der Waals surface area contributed by atoms with Crippen molar-refractivity contribution in [3.63, 3.8) is 0 Å². The van der Waals surface area contributed by atoms with Crippen LogP contribution in [0.4, 0.5) is 0 Å². The Kier molecular flexibility index (Phi) is 11.3. The maximum Gasteiger partial charge on any atom is 0.469 e. The van der Waals surface area contributed by atoms with Crippen LogP contribution in [0.1, 0.15) is 39.5 Å². The number of hydrogen-bond acceptors (Lipinski definition) is 9. The Balaban J connectivity index is 4.69. The fraction of sp³-hybridized carbons (Fsp3) is 0.857. The minimum absolute atomic E-state index is 0.409. The third kappa shape index (κ3) is 9.15. The molecule has 0 heterocycles. The average molecular weight is 402 g/mol. The summed E-state index contributed by atoms with van der Waals surface area (Å²) in [6.07, 6.45) is -6.39. The second-order valence-corrected chi connectivity index (χ2v) is 7.01. The normalized spacial score (nSPS) is 17.8. The number of hydrogen-bond donors (Lipinski definition) is 6. The number of carbonyl (C=O) groups is 2. The van der Waals surface area contributed by atoms with Crippen LogP contribution >= 0.6 is 7.82 Å². The average Bonchev–Trinajstić information content (AvgIpc) is 2.57. The van der Waals surface area contributed by atoms with Gasteiger partial charge < -0.3 is 34.9 Å². The summed E-state index contributed by atoms with van der Waals surface area (Å²) in [7, 11) is -4.93. The fourth-order valence-corrected chi connectivity index (χ4v) is 2.35. The Bertz CT molecular complexity index is 491. The summed E-state index contributed by atoms with van der Waals surface area (Å²) in [6.45, 7) is 2.57. The standard InChI is InChI=1S/C14H27O11P/c1-3-5-6-8(4-2)13(19)25-14(20)12(18)11(17)10(16)9(15)7-24-26(21,22)23/h8-12,15-18H,3-7H2,1-2H3,(H2,21,22,23). The molecule has 12 heteroatoms. The lowest BCUT2D eigenvalue weighted by Crippen LogP contribution is -2.49. The van der Waals surface area contributed by atoms with Gasteiger partial charge in [0.2, 0.25) is 0 Å². The Hall–Kier alpha value is -0.910. The van der Waals surface area contributed by atoms with Crippen LogP contribution in [-0.2, 0) is 23.4 Å². The molecule has 5 unspecified atom stereocenters. The number of ether oxygens (including phenoxy) is 1. The number of aliphatic hydroxyl groups is 4. The first kappa shape index (κ1) is 25.1. The van der Waals surface area contributed by atoms with Crippen molar-refractivity contribution in [2.75, 3.05) is 6.61 Å². The minimum Gasteiger partial charge on any atom is -0.391 e. The van der Waals surface area contributed by atoms with E-state index in [9.17, 15) is 34.6 Å². The molecule has 5 atom stereocenters. The Morgan fingerprint density at radius 1 is 1.00 bits per heavy atom. The third-order valence-electron chi connectivity index (χ3n) is 3.66. The van der Waals surface area contributed by atoms with Gasteiger partial charge in [0.05, 0.1) is 12.5 Å². The summed E-state index contributed by atoms with van der Waals surface area (Å²) in [4.78, 5) is 40.6. The van der Waals surface area contributed by atoms with Gasteiger partial charge in [0.25, 0.3) is 0 Å². The lowest BCUT2D eigenvalue weighted by Gasteiger charge is -2.25. The quantitative estimate of drug-likeness (QED) is 0.131. The molecule has 0 saturated heterocycles. The number of aliphatic hydroxyl groups excluding tert-OH is 4. The molecule has 0 aromatic carbocycles. The molecule has 0 radical (unpaired) electrons. The highest BCUT2D eigenvalue weighted by Gasteiger charge is 2.37. The highest BCUT2D eigenvalue weighted by Crippen LogP contribution is 2.35. The van der Waals surface area contributed by atoms with Crippen LogP contribution in [-0.4, -0.2) is 73.2 Å². The summed E-state index contributed by atoms with van der Waals surface area (Å²) in [5.74, 6) is -2.95. The van der Waals surface area contributed by atoms with E-state index >= 15 is 0 Å². The Morgan fingerprint density at radius 3 is 2.04 bits per heavy atom. The van der Waals surface area contributed by atoms with E-state index in [1.807, 2.05) is 6.92 Å². The van der Waals surface area contributed by atoms with Gasteiger partial charge in [-0.15, -0.1) is 0 Å². The van der Waals surface area contributed by atoms with E-state index in [4.69, 9.17) is 9.79 Å². The van der Waals surface area contributed by atoms with Crippen LogP contribution in [0, 0.1) is 5.92 Å². The van der Waals surface area contributed by atoms with E-state index in [1.54, 1.807) is 6.92 Å². The van der Waals surface area contributed by atoms with Crippen LogP contribution in [0.15, 0.2) is 0 Å². The van der Waals surface area contributed by atoms with Crippen molar-refractivity contribution in [2.45, 2.75) is 63.9 Å². The van der Waals surface area contributed by atoms with Crippen LogP contribution < -0.4 is 0 Å². The molecule has 0 aliphatic heterocycles. The molecule has 154 valence electrons. The molecule has 0 fully saturated rings. The van der Waals surface area contributed by atoms with Crippen LogP contribution in [0.3, 0.4) is 0 Å². The Morgan fingerprint density at radius 2 is 1.58 bits per heavy atom. The highest BCUT2D eigenvalue weighted by atomic mass is 31.2. The van der Waals surface area contributed by atoms with E-state index in [-0.39, 0.29) is 0 Å². The van der Waals surface area contributed by atoms with Crippen LogP contribution in [0.2, 0.25) is 0 Å². The first-order valence-electron chi connectivity index (χ1n) is 8.12. The van der Waals surface area contributed by atoms with Crippen molar-refractivity contribution in [1.29, 1.82) is 0 Å². The molecule has 0 aliphatic carbocycles. The predicted molar refractivity (Wildman–Crippen MR) is 86.4 cm³/mol. The van der Waals surface area contributed by atoms with Crippen molar-refractivity contribution in [2.24, 2.45) is 5.92 Å².